The van der Waals surface area contributed by atoms with Gasteiger partial charge in [0.1, 0.15) is 0 Å². The maximum absolute atomic E-state index is 11.8. The second kappa shape index (κ2) is 5.97. The van der Waals surface area contributed by atoms with Gasteiger partial charge < -0.3 is 15.0 Å². The summed E-state index contributed by atoms with van der Waals surface area (Å²) in [5, 5.41) is 11.4. The number of carbonyl (C=O) groups excluding carboxylic acids is 1. The highest BCUT2D eigenvalue weighted by atomic mass is 16.3. The number of hydrogen-bond donors (Lipinski definition) is 2. The van der Waals surface area contributed by atoms with Gasteiger partial charge in [0.25, 0.3) is 5.91 Å². The molecule has 0 bridgehead atoms. The molecule has 0 atom stereocenters. The molecule has 2 N–H and O–H groups in total. The van der Waals surface area contributed by atoms with Crippen LogP contribution in [0, 0.1) is 0 Å². The number of nitrogens with zero attached hydrogens (tertiary/aromatic N) is 2. The zero-order valence-corrected chi connectivity index (χ0v) is 9.91. The van der Waals surface area contributed by atoms with Crippen molar-refractivity contribution in [1.29, 1.82) is 0 Å². The largest absolute Gasteiger partial charge is 0.396 e. The fraction of sp³-hybridized carbons (Fsp3) is 0.231. The first-order chi connectivity index (χ1) is 8.81. The Morgan fingerprint density at radius 2 is 2.33 bits per heavy atom. The topological polar surface area (TPSA) is 67.2 Å². The molecule has 0 spiro atoms. The van der Waals surface area contributed by atoms with Crippen LogP contribution in [0.3, 0.4) is 0 Å². The summed E-state index contributed by atoms with van der Waals surface area (Å²) in [6.45, 7) is 0.556. The molecule has 2 rings (SSSR count). The molecule has 5 heteroatoms. The van der Waals surface area contributed by atoms with Gasteiger partial charge in [0, 0.05) is 36.8 Å². The smallest absolute Gasteiger partial charge is 0.251 e. The zero-order valence-electron chi connectivity index (χ0n) is 9.91. The fourth-order valence-electron chi connectivity index (χ4n) is 1.60. The lowest BCUT2D eigenvalue weighted by Gasteiger charge is -2.06. The van der Waals surface area contributed by atoms with Crippen LogP contribution in [0.15, 0.2) is 43.0 Å². The number of aliphatic hydroxyl groups excluding tert-OH is 1. The Kier molecular flexibility index (Phi) is 4.09. The Morgan fingerprint density at radius 1 is 1.44 bits per heavy atom. The average Bonchev–Trinajstić information content (AvgIpc) is 2.93. The van der Waals surface area contributed by atoms with Gasteiger partial charge in [0.15, 0.2) is 0 Å². The minimum atomic E-state index is -0.134. The van der Waals surface area contributed by atoms with Crippen molar-refractivity contribution in [2.24, 2.45) is 0 Å². The maximum Gasteiger partial charge on any atom is 0.251 e. The fourth-order valence-corrected chi connectivity index (χ4v) is 1.60. The van der Waals surface area contributed by atoms with Crippen molar-refractivity contribution in [3.8, 4) is 5.69 Å². The van der Waals surface area contributed by atoms with Crippen molar-refractivity contribution >= 4 is 5.91 Å². The quantitative estimate of drug-likeness (QED) is 0.772. The Bertz CT molecular complexity index is 509. The number of aliphatic hydroxyl groups is 1. The van der Waals surface area contributed by atoms with Gasteiger partial charge in [0.05, 0.1) is 6.33 Å². The molecule has 2 aromatic rings. The number of hydrogen-bond acceptors (Lipinski definition) is 3. The van der Waals surface area contributed by atoms with Crippen LogP contribution in [-0.4, -0.2) is 33.7 Å². The summed E-state index contributed by atoms with van der Waals surface area (Å²) < 4.78 is 1.84. The van der Waals surface area contributed by atoms with E-state index in [0.717, 1.165) is 5.69 Å². The van der Waals surface area contributed by atoms with E-state index in [2.05, 4.69) is 10.3 Å². The van der Waals surface area contributed by atoms with Crippen LogP contribution in [0.1, 0.15) is 16.8 Å². The number of nitrogens with one attached hydrogen (secondary N) is 1. The molecule has 0 aliphatic rings. The first kappa shape index (κ1) is 12.3. The van der Waals surface area contributed by atoms with Gasteiger partial charge in [-0.3, -0.25) is 4.79 Å². The predicted octanol–water partition coefficient (Wildman–Crippen LogP) is 0.985. The second-order valence-electron chi connectivity index (χ2n) is 3.85. The number of benzene rings is 1. The van der Waals surface area contributed by atoms with Crippen LogP contribution in [0.5, 0.6) is 0 Å². The average molecular weight is 245 g/mol. The van der Waals surface area contributed by atoms with E-state index in [1.165, 1.54) is 0 Å². The van der Waals surface area contributed by atoms with Gasteiger partial charge >= 0.3 is 0 Å². The second-order valence-corrected chi connectivity index (χ2v) is 3.85. The molecule has 0 saturated carbocycles. The molecule has 1 amide bonds. The van der Waals surface area contributed by atoms with Gasteiger partial charge in [-0.15, -0.1) is 0 Å². The standard InChI is InChI=1S/C13H15N3O2/c17-8-2-5-15-13(18)11-3-1-4-12(9-11)16-7-6-14-10-16/h1,3-4,6-7,9-10,17H,2,5,8H2,(H,15,18). The van der Waals surface area contributed by atoms with Gasteiger partial charge in [0.2, 0.25) is 0 Å². The molecular formula is C13H15N3O2. The van der Waals surface area contributed by atoms with Crippen LogP contribution >= 0.6 is 0 Å². The molecule has 0 radical (unpaired) electrons. The Labute approximate surface area is 105 Å². The van der Waals surface area contributed by atoms with Crippen molar-refractivity contribution < 1.29 is 9.90 Å². The van der Waals surface area contributed by atoms with Crippen LogP contribution in [0.25, 0.3) is 5.69 Å². The number of aromatic nitrogens is 2. The van der Waals surface area contributed by atoms with Gasteiger partial charge in [-0.25, -0.2) is 4.98 Å². The lowest BCUT2D eigenvalue weighted by molar-refractivity contribution is 0.0951. The first-order valence-corrected chi connectivity index (χ1v) is 5.79. The summed E-state index contributed by atoms with van der Waals surface area (Å²) in [5.41, 5.74) is 1.49. The minimum Gasteiger partial charge on any atom is -0.396 e. The van der Waals surface area contributed by atoms with E-state index in [-0.39, 0.29) is 12.5 Å². The van der Waals surface area contributed by atoms with Gasteiger partial charge in [-0.05, 0) is 24.6 Å². The summed E-state index contributed by atoms with van der Waals surface area (Å²) in [6.07, 6.45) is 5.76. The van der Waals surface area contributed by atoms with Crippen molar-refractivity contribution in [3.63, 3.8) is 0 Å². The van der Waals surface area contributed by atoms with E-state index in [1.54, 1.807) is 24.7 Å². The molecule has 0 saturated heterocycles. The van der Waals surface area contributed by atoms with Crippen molar-refractivity contribution in [2.45, 2.75) is 6.42 Å². The minimum absolute atomic E-state index is 0.0787. The third-order valence-corrected chi connectivity index (χ3v) is 2.53. The summed E-state index contributed by atoms with van der Waals surface area (Å²) in [5.74, 6) is -0.134. The Hall–Kier alpha value is -2.14. The highest BCUT2D eigenvalue weighted by molar-refractivity contribution is 5.94. The summed E-state index contributed by atoms with van der Waals surface area (Å²) in [7, 11) is 0. The molecule has 5 nitrogen and oxygen atoms in total. The van der Waals surface area contributed by atoms with Crippen molar-refractivity contribution in [1.82, 2.24) is 14.9 Å². The van der Waals surface area contributed by atoms with Crippen LogP contribution in [0.4, 0.5) is 0 Å². The molecule has 0 aliphatic heterocycles. The first-order valence-electron chi connectivity index (χ1n) is 5.79. The monoisotopic (exact) mass is 245 g/mol. The molecule has 0 aliphatic carbocycles. The van der Waals surface area contributed by atoms with E-state index in [0.29, 0.717) is 18.5 Å². The normalized spacial score (nSPS) is 10.3. The van der Waals surface area contributed by atoms with Crippen LogP contribution in [0.2, 0.25) is 0 Å². The van der Waals surface area contributed by atoms with Crippen LogP contribution < -0.4 is 5.32 Å². The lowest BCUT2D eigenvalue weighted by atomic mass is 10.2. The third-order valence-electron chi connectivity index (χ3n) is 2.53. The van der Waals surface area contributed by atoms with E-state index in [4.69, 9.17) is 5.11 Å². The van der Waals surface area contributed by atoms with E-state index < -0.39 is 0 Å². The Morgan fingerprint density at radius 3 is 3.06 bits per heavy atom. The van der Waals surface area contributed by atoms with Crippen molar-refractivity contribution in [3.05, 3.63) is 48.5 Å². The molecule has 1 heterocycles. The highest BCUT2D eigenvalue weighted by Gasteiger charge is 2.05. The zero-order chi connectivity index (χ0) is 12.8. The number of imidazole rings is 1. The summed E-state index contributed by atoms with van der Waals surface area (Å²) in [6, 6.07) is 7.30. The molecular weight excluding hydrogens is 230 g/mol. The van der Waals surface area contributed by atoms with Gasteiger partial charge in [-0.1, -0.05) is 6.07 Å². The molecule has 94 valence electrons. The molecule has 0 unspecified atom stereocenters. The molecule has 1 aromatic carbocycles. The van der Waals surface area contributed by atoms with Crippen molar-refractivity contribution in [2.75, 3.05) is 13.2 Å². The highest BCUT2D eigenvalue weighted by Crippen LogP contribution is 2.10. The predicted molar refractivity (Wildman–Crippen MR) is 67.6 cm³/mol. The van der Waals surface area contributed by atoms with E-state index in [1.807, 2.05) is 22.9 Å². The molecule has 1 aromatic heterocycles. The number of carbonyl (C=O) groups is 1. The molecule has 0 fully saturated rings. The summed E-state index contributed by atoms with van der Waals surface area (Å²) >= 11 is 0. The maximum atomic E-state index is 11.8. The van der Waals surface area contributed by atoms with E-state index in [9.17, 15) is 4.79 Å². The van der Waals surface area contributed by atoms with E-state index >= 15 is 0 Å². The summed E-state index contributed by atoms with van der Waals surface area (Å²) in [4.78, 5) is 15.8. The van der Waals surface area contributed by atoms with Crippen LogP contribution in [-0.2, 0) is 0 Å². The number of rotatable bonds is 5. The Balaban J connectivity index is 2.10. The molecule has 18 heavy (non-hydrogen) atoms. The van der Waals surface area contributed by atoms with Gasteiger partial charge in [-0.2, -0.15) is 0 Å². The SMILES string of the molecule is O=C(NCCCO)c1cccc(-n2ccnc2)c1. The lowest BCUT2D eigenvalue weighted by Crippen LogP contribution is -2.25. The third kappa shape index (κ3) is 2.95. The number of amides is 1.